The van der Waals surface area contributed by atoms with Gasteiger partial charge in [0.25, 0.3) is 0 Å². The largest absolute Gasteiger partial charge is 0.387 e. The van der Waals surface area contributed by atoms with E-state index < -0.39 is 6.10 Å². The first-order chi connectivity index (χ1) is 7.20. The van der Waals surface area contributed by atoms with Crippen molar-refractivity contribution in [1.82, 2.24) is 0 Å². The van der Waals surface area contributed by atoms with Gasteiger partial charge in [-0.1, -0.05) is 42.5 Å². The van der Waals surface area contributed by atoms with Gasteiger partial charge in [0.1, 0.15) is 0 Å². The predicted octanol–water partition coefficient (Wildman–Crippen LogP) is 2.22. The maximum atomic E-state index is 9.97. The summed E-state index contributed by atoms with van der Waals surface area (Å²) < 4.78 is 0. The first-order valence-corrected chi connectivity index (χ1v) is 5.11. The second-order valence-electron chi connectivity index (χ2n) is 3.87. The quantitative estimate of drug-likeness (QED) is 0.782. The van der Waals surface area contributed by atoms with Crippen molar-refractivity contribution in [3.8, 4) is 0 Å². The highest BCUT2D eigenvalue weighted by atomic mass is 16.3. The summed E-state index contributed by atoms with van der Waals surface area (Å²) in [5.41, 5.74) is 6.61. The Balaban J connectivity index is 2.60. The van der Waals surface area contributed by atoms with E-state index in [0.717, 1.165) is 16.3 Å². The SMILES string of the molecule is CC(N)C(O)c1cccc2ccccc12. The smallest absolute Gasteiger partial charge is 0.0944 e. The maximum absolute atomic E-state index is 9.97. The molecule has 0 spiro atoms. The van der Waals surface area contributed by atoms with Gasteiger partial charge in [-0.15, -0.1) is 0 Å². The van der Waals surface area contributed by atoms with Gasteiger partial charge in [-0.3, -0.25) is 0 Å². The van der Waals surface area contributed by atoms with Gasteiger partial charge in [0.15, 0.2) is 0 Å². The highest BCUT2D eigenvalue weighted by Gasteiger charge is 2.14. The molecule has 0 saturated heterocycles. The monoisotopic (exact) mass is 201 g/mol. The molecule has 0 fully saturated rings. The summed E-state index contributed by atoms with van der Waals surface area (Å²) in [6, 6.07) is 13.7. The van der Waals surface area contributed by atoms with Crippen LogP contribution in [0.3, 0.4) is 0 Å². The predicted molar refractivity (Wildman–Crippen MR) is 62.6 cm³/mol. The number of benzene rings is 2. The van der Waals surface area contributed by atoms with Gasteiger partial charge in [0, 0.05) is 6.04 Å². The van der Waals surface area contributed by atoms with Crippen LogP contribution < -0.4 is 5.73 Å². The van der Waals surface area contributed by atoms with Gasteiger partial charge in [-0.25, -0.2) is 0 Å². The number of hydrogen-bond acceptors (Lipinski definition) is 2. The zero-order chi connectivity index (χ0) is 10.8. The van der Waals surface area contributed by atoms with Crippen LogP contribution in [-0.4, -0.2) is 11.1 Å². The summed E-state index contributed by atoms with van der Waals surface area (Å²) in [5.74, 6) is 0. The Morgan fingerprint density at radius 3 is 2.47 bits per heavy atom. The number of fused-ring (bicyclic) bond motifs is 1. The van der Waals surface area contributed by atoms with Crippen LogP contribution in [0, 0.1) is 0 Å². The van der Waals surface area contributed by atoms with Crippen LogP contribution >= 0.6 is 0 Å². The van der Waals surface area contributed by atoms with E-state index in [2.05, 4.69) is 0 Å². The van der Waals surface area contributed by atoms with E-state index in [1.807, 2.05) is 49.4 Å². The fourth-order valence-electron chi connectivity index (χ4n) is 1.79. The minimum atomic E-state index is -0.601. The van der Waals surface area contributed by atoms with Gasteiger partial charge in [0.2, 0.25) is 0 Å². The molecule has 0 aliphatic carbocycles. The van der Waals surface area contributed by atoms with E-state index >= 15 is 0 Å². The maximum Gasteiger partial charge on any atom is 0.0944 e. The number of hydrogen-bond donors (Lipinski definition) is 2. The van der Waals surface area contributed by atoms with Crippen LogP contribution in [0.4, 0.5) is 0 Å². The van der Waals surface area contributed by atoms with Gasteiger partial charge in [-0.2, -0.15) is 0 Å². The third-order valence-electron chi connectivity index (χ3n) is 2.64. The molecule has 0 aliphatic rings. The van der Waals surface area contributed by atoms with E-state index in [9.17, 15) is 5.11 Å². The Hall–Kier alpha value is -1.38. The summed E-state index contributed by atoms with van der Waals surface area (Å²) in [6.45, 7) is 1.81. The van der Waals surface area contributed by atoms with Gasteiger partial charge < -0.3 is 10.8 Å². The molecule has 0 radical (unpaired) electrons. The third kappa shape index (κ3) is 1.87. The van der Waals surface area contributed by atoms with Crippen molar-refractivity contribution in [1.29, 1.82) is 0 Å². The van der Waals surface area contributed by atoms with Crippen LogP contribution in [0.2, 0.25) is 0 Å². The van der Waals surface area contributed by atoms with Crippen molar-refractivity contribution in [3.05, 3.63) is 48.0 Å². The molecule has 0 bridgehead atoms. The van der Waals surface area contributed by atoms with E-state index in [1.165, 1.54) is 0 Å². The molecule has 0 amide bonds. The van der Waals surface area contributed by atoms with E-state index in [0.29, 0.717) is 0 Å². The average Bonchev–Trinajstić information content (AvgIpc) is 2.27. The standard InChI is InChI=1S/C13H15NO/c1-9(14)13(15)12-8-4-6-10-5-2-3-7-11(10)12/h2-9,13,15H,14H2,1H3. The van der Waals surface area contributed by atoms with E-state index in [4.69, 9.17) is 5.73 Å². The van der Waals surface area contributed by atoms with Crippen LogP contribution in [0.25, 0.3) is 10.8 Å². The van der Waals surface area contributed by atoms with Crippen molar-refractivity contribution in [2.24, 2.45) is 5.73 Å². The van der Waals surface area contributed by atoms with E-state index in [-0.39, 0.29) is 6.04 Å². The van der Waals surface area contributed by atoms with Crippen molar-refractivity contribution in [2.75, 3.05) is 0 Å². The summed E-state index contributed by atoms with van der Waals surface area (Å²) in [4.78, 5) is 0. The summed E-state index contributed by atoms with van der Waals surface area (Å²) >= 11 is 0. The number of rotatable bonds is 2. The minimum absolute atomic E-state index is 0.254. The van der Waals surface area contributed by atoms with Crippen LogP contribution in [-0.2, 0) is 0 Å². The molecule has 2 rings (SSSR count). The Kier molecular flexibility index (Phi) is 2.71. The molecule has 0 aromatic heterocycles. The lowest BCUT2D eigenvalue weighted by molar-refractivity contribution is 0.155. The third-order valence-corrected chi connectivity index (χ3v) is 2.64. The van der Waals surface area contributed by atoms with Crippen LogP contribution in [0.1, 0.15) is 18.6 Å². The molecule has 0 saturated carbocycles. The highest BCUT2D eigenvalue weighted by molar-refractivity contribution is 5.86. The van der Waals surface area contributed by atoms with Gasteiger partial charge >= 0.3 is 0 Å². The molecule has 2 aromatic rings. The fourth-order valence-corrected chi connectivity index (χ4v) is 1.79. The molecule has 2 atom stereocenters. The molecule has 3 N–H and O–H groups in total. The summed E-state index contributed by atoms with van der Waals surface area (Å²) in [7, 11) is 0. The van der Waals surface area contributed by atoms with Crippen molar-refractivity contribution < 1.29 is 5.11 Å². The van der Waals surface area contributed by atoms with E-state index in [1.54, 1.807) is 0 Å². The normalized spacial score (nSPS) is 15.1. The summed E-state index contributed by atoms with van der Waals surface area (Å²) in [6.07, 6.45) is -0.601. The molecule has 15 heavy (non-hydrogen) atoms. The Morgan fingerprint density at radius 2 is 1.73 bits per heavy atom. The lowest BCUT2D eigenvalue weighted by Gasteiger charge is -2.16. The number of aliphatic hydroxyl groups excluding tert-OH is 1. The van der Waals surface area contributed by atoms with Crippen LogP contribution in [0.15, 0.2) is 42.5 Å². The Bertz CT molecular complexity index is 460. The average molecular weight is 201 g/mol. The minimum Gasteiger partial charge on any atom is -0.387 e. The van der Waals surface area contributed by atoms with Crippen molar-refractivity contribution >= 4 is 10.8 Å². The molecule has 2 unspecified atom stereocenters. The zero-order valence-corrected chi connectivity index (χ0v) is 8.72. The first-order valence-electron chi connectivity index (χ1n) is 5.11. The second-order valence-corrected chi connectivity index (χ2v) is 3.87. The highest BCUT2D eigenvalue weighted by Crippen LogP contribution is 2.25. The fraction of sp³-hybridized carbons (Fsp3) is 0.231. The molecular formula is C13H15NO. The van der Waals surface area contributed by atoms with Gasteiger partial charge in [0.05, 0.1) is 6.10 Å². The second kappa shape index (κ2) is 4.01. The molecule has 0 heterocycles. The molecule has 0 aliphatic heterocycles. The molecule has 78 valence electrons. The zero-order valence-electron chi connectivity index (χ0n) is 8.72. The molecule has 2 aromatic carbocycles. The number of nitrogens with two attached hydrogens (primary N) is 1. The molecular weight excluding hydrogens is 186 g/mol. The Labute approximate surface area is 89.3 Å². The lowest BCUT2D eigenvalue weighted by Crippen LogP contribution is -2.24. The van der Waals surface area contributed by atoms with Crippen molar-refractivity contribution in [2.45, 2.75) is 19.1 Å². The topological polar surface area (TPSA) is 46.2 Å². The van der Waals surface area contributed by atoms with Crippen LogP contribution in [0.5, 0.6) is 0 Å². The van der Waals surface area contributed by atoms with Crippen molar-refractivity contribution in [3.63, 3.8) is 0 Å². The Morgan fingerprint density at radius 1 is 1.07 bits per heavy atom. The lowest BCUT2D eigenvalue weighted by atomic mass is 9.97. The first kappa shape index (κ1) is 10.1. The van der Waals surface area contributed by atoms with Gasteiger partial charge in [-0.05, 0) is 23.3 Å². The molecule has 2 heteroatoms. The molecule has 2 nitrogen and oxygen atoms in total. The summed E-state index contributed by atoms with van der Waals surface area (Å²) in [5, 5.41) is 12.2. The number of aliphatic hydroxyl groups is 1.